The topological polar surface area (TPSA) is 38.7 Å². The zero-order valence-corrected chi connectivity index (χ0v) is 10.2. The van der Waals surface area contributed by atoms with E-state index in [0.717, 1.165) is 11.3 Å². The van der Waals surface area contributed by atoms with Gasteiger partial charge in [-0.3, -0.25) is 0 Å². The van der Waals surface area contributed by atoms with Gasteiger partial charge >= 0.3 is 0 Å². The van der Waals surface area contributed by atoms with Crippen molar-refractivity contribution in [2.24, 2.45) is 0 Å². The normalized spacial score (nSPS) is 12.5. The molecule has 0 amide bonds. The first kappa shape index (κ1) is 13.0. The van der Waals surface area contributed by atoms with Gasteiger partial charge in [0.15, 0.2) is 0 Å². The van der Waals surface area contributed by atoms with Crippen molar-refractivity contribution in [1.82, 2.24) is 0 Å². The Kier molecular flexibility index (Phi) is 5.29. The quantitative estimate of drug-likeness (QED) is 0.802. The standard InChI is InChI=1S/C13H20O3/c1-10-4-5-13(16-3)11(8-10)9-12(14)6-7-15-2/h4-5,8,12,14H,6-7,9H2,1-3H3. The van der Waals surface area contributed by atoms with Crippen LogP contribution in [0.5, 0.6) is 5.75 Å². The molecule has 1 aromatic rings. The SMILES string of the molecule is COCCC(O)Cc1cc(C)ccc1OC. The van der Waals surface area contributed by atoms with E-state index in [1.165, 1.54) is 5.56 Å². The van der Waals surface area contributed by atoms with Crippen molar-refractivity contribution >= 4 is 0 Å². The molecule has 1 rings (SSSR count). The van der Waals surface area contributed by atoms with Crippen LogP contribution in [-0.2, 0) is 11.2 Å². The van der Waals surface area contributed by atoms with Crippen molar-refractivity contribution in [3.63, 3.8) is 0 Å². The lowest BCUT2D eigenvalue weighted by Gasteiger charge is -2.13. The van der Waals surface area contributed by atoms with Crippen LogP contribution in [-0.4, -0.2) is 32.0 Å². The summed E-state index contributed by atoms with van der Waals surface area (Å²) in [5.41, 5.74) is 2.22. The Morgan fingerprint density at radius 1 is 1.31 bits per heavy atom. The fourth-order valence-electron chi connectivity index (χ4n) is 1.68. The average molecular weight is 224 g/mol. The number of aliphatic hydroxyl groups excluding tert-OH is 1. The zero-order valence-electron chi connectivity index (χ0n) is 10.2. The third-order valence-corrected chi connectivity index (χ3v) is 2.55. The second-order valence-corrected chi connectivity index (χ2v) is 3.95. The van der Waals surface area contributed by atoms with E-state index in [-0.39, 0.29) is 6.10 Å². The molecule has 0 saturated carbocycles. The lowest BCUT2D eigenvalue weighted by atomic mass is 10.0. The molecule has 0 saturated heterocycles. The molecule has 1 aromatic carbocycles. The summed E-state index contributed by atoms with van der Waals surface area (Å²) >= 11 is 0. The lowest BCUT2D eigenvalue weighted by molar-refractivity contribution is 0.109. The first-order chi connectivity index (χ1) is 7.67. The van der Waals surface area contributed by atoms with E-state index in [1.54, 1.807) is 14.2 Å². The van der Waals surface area contributed by atoms with Crippen LogP contribution in [0, 0.1) is 6.92 Å². The maximum atomic E-state index is 9.81. The Morgan fingerprint density at radius 3 is 2.69 bits per heavy atom. The molecule has 90 valence electrons. The number of hydrogen-bond acceptors (Lipinski definition) is 3. The molecule has 0 heterocycles. The fraction of sp³-hybridized carbons (Fsp3) is 0.538. The Balaban J connectivity index is 2.67. The smallest absolute Gasteiger partial charge is 0.122 e. The highest BCUT2D eigenvalue weighted by Crippen LogP contribution is 2.21. The molecule has 1 atom stereocenters. The molecular formula is C13H20O3. The molecule has 1 unspecified atom stereocenters. The van der Waals surface area contributed by atoms with Crippen LogP contribution in [0.1, 0.15) is 17.5 Å². The minimum atomic E-state index is -0.379. The van der Waals surface area contributed by atoms with Gasteiger partial charge in [0.1, 0.15) is 5.75 Å². The largest absolute Gasteiger partial charge is 0.496 e. The molecule has 0 fully saturated rings. The summed E-state index contributed by atoms with van der Waals surface area (Å²) in [6, 6.07) is 5.99. The van der Waals surface area contributed by atoms with Crippen LogP contribution >= 0.6 is 0 Å². The number of aliphatic hydroxyl groups is 1. The molecule has 0 bridgehead atoms. The molecule has 3 heteroatoms. The van der Waals surface area contributed by atoms with Crippen LogP contribution in [0.2, 0.25) is 0 Å². The highest BCUT2D eigenvalue weighted by molar-refractivity contribution is 5.37. The molecule has 0 aliphatic rings. The van der Waals surface area contributed by atoms with Gasteiger partial charge in [-0.2, -0.15) is 0 Å². The van der Waals surface area contributed by atoms with Crippen molar-refractivity contribution in [2.45, 2.75) is 25.9 Å². The summed E-state index contributed by atoms with van der Waals surface area (Å²) in [7, 11) is 3.29. The summed E-state index contributed by atoms with van der Waals surface area (Å²) in [6.45, 7) is 2.61. The van der Waals surface area contributed by atoms with Crippen molar-refractivity contribution < 1.29 is 14.6 Å². The minimum Gasteiger partial charge on any atom is -0.496 e. The van der Waals surface area contributed by atoms with Crippen LogP contribution < -0.4 is 4.74 Å². The van der Waals surface area contributed by atoms with E-state index in [4.69, 9.17) is 9.47 Å². The van der Waals surface area contributed by atoms with E-state index in [2.05, 4.69) is 6.07 Å². The predicted molar refractivity (Wildman–Crippen MR) is 63.9 cm³/mol. The van der Waals surface area contributed by atoms with Crippen molar-refractivity contribution in [1.29, 1.82) is 0 Å². The maximum absolute atomic E-state index is 9.81. The number of methoxy groups -OCH3 is 2. The second kappa shape index (κ2) is 6.51. The Morgan fingerprint density at radius 2 is 2.06 bits per heavy atom. The fourth-order valence-corrected chi connectivity index (χ4v) is 1.68. The summed E-state index contributed by atoms with van der Waals surface area (Å²) in [5, 5.41) is 9.81. The van der Waals surface area contributed by atoms with Crippen molar-refractivity contribution in [3.8, 4) is 5.75 Å². The maximum Gasteiger partial charge on any atom is 0.122 e. The Labute approximate surface area is 97.0 Å². The van der Waals surface area contributed by atoms with Gasteiger partial charge < -0.3 is 14.6 Å². The van der Waals surface area contributed by atoms with Gasteiger partial charge in [-0.1, -0.05) is 17.7 Å². The number of ether oxygens (including phenoxy) is 2. The van der Waals surface area contributed by atoms with Crippen LogP contribution in [0.3, 0.4) is 0 Å². The number of aryl methyl sites for hydroxylation is 1. The molecule has 0 spiro atoms. The molecule has 16 heavy (non-hydrogen) atoms. The monoisotopic (exact) mass is 224 g/mol. The molecule has 0 aliphatic carbocycles. The van der Waals surface area contributed by atoms with Gasteiger partial charge in [0.2, 0.25) is 0 Å². The van der Waals surface area contributed by atoms with Crippen molar-refractivity contribution in [2.75, 3.05) is 20.8 Å². The third kappa shape index (κ3) is 3.83. The van der Waals surface area contributed by atoms with E-state index in [0.29, 0.717) is 19.4 Å². The highest BCUT2D eigenvalue weighted by Gasteiger charge is 2.09. The van der Waals surface area contributed by atoms with Gasteiger partial charge in [0.05, 0.1) is 13.2 Å². The molecule has 0 aromatic heterocycles. The summed E-state index contributed by atoms with van der Waals surface area (Å²) in [4.78, 5) is 0. The van der Waals surface area contributed by atoms with Gasteiger partial charge in [0.25, 0.3) is 0 Å². The molecule has 0 radical (unpaired) electrons. The van der Waals surface area contributed by atoms with E-state index in [1.807, 2.05) is 19.1 Å². The summed E-state index contributed by atoms with van der Waals surface area (Å²) in [6.07, 6.45) is 0.873. The first-order valence-electron chi connectivity index (χ1n) is 5.48. The zero-order chi connectivity index (χ0) is 12.0. The highest BCUT2D eigenvalue weighted by atomic mass is 16.5. The number of benzene rings is 1. The number of hydrogen-bond donors (Lipinski definition) is 1. The van der Waals surface area contributed by atoms with E-state index in [9.17, 15) is 5.11 Å². The van der Waals surface area contributed by atoms with Crippen LogP contribution in [0.25, 0.3) is 0 Å². The first-order valence-corrected chi connectivity index (χ1v) is 5.48. The van der Waals surface area contributed by atoms with Gasteiger partial charge in [-0.05, 0) is 25.0 Å². The van der Waals surface area contributed by atoms with Crippen LogP contribution in [0.4, 0.5) is 0 Å². The molecular weight excluding hydrogens is 204 g/mol. The third-order valence-electron chi connectivity index (χ3n) is 2.55. The van der Waals surface area contributed by atoms with E-state index >= 15 is 0 Å². The second-order valence-electron chi connectivity index (χ2n) is 3.95. The lowest BCUT2D eigenvalue weighted by Crippen LogP contribution is -2.13. The Hall–Kier alpha value is -1.06. The number of rotatable bonds is 6. The average Bonchev–Trinajstić information content (AvgIpc) is 2.27. The van der Waals surface area contributed by atoms with Gasteiger partial charge in [0, 0.05) is 20.1 Å². The van der Waals surface area contributed by atoms with Gasteiger partial charge in [-0.15, -0.1) is 0 Å². The van der Waals surface area contributed by atoms with Crippen LogP contribution in [0.15, 0.2) is 18.2 Å². The Bertz CT molecular complexity index is 323. The minimum absolute atomic E-state index is 0.379. The molecule has 3 nitrogen and oxygen atoms in total. The van der Waals surface area contributed by atoms with Gasteiger partial charge in [-0.25, -0.2) is 0 Å². The molecule has 0 aliphatic heterocycles. The summed E-state index contributed by atoms with van der Waals surface area (Å²) in [5.74, 6) is 0.835. The van der Waals surface area contributed by atoms with Crippen molar-refractivity contribution in [3.05, 3.63) is 29.3 Å². The summed E-state index contributed by atoms with van der Waals surface area (Å²) < 4.78 is 10.2. The molecule has 1 N–H and O–H groups in total. The van der Waals surface area contributed by atoms with E-state index < -0.39 is 0 Å². The predicted octanol–water partition coefficient (Wildman–Crippen LogP) is 1.94.